The van der Waals surface area contributed by atoms with Gasteiger partial charge in [0.15, 0.2) is 0 Å². The van der Waals surface area contributed by atoms with Crippen LogP contribution in [0, 0.1) is 0 Å². The van der Waals surface area contributed by atoms with Crippen LogP contribution in [0.3, 0.4) is 0 Å². The van der Waals surface area contributed by atoms with E-state index >= 15 is 0 Å². The Kier molecular flexibility index (Phi) is 5.94. The molecule has 24 heavy (non-hydrogen) atoms. The molecule has 0 bridgehead atoms. The summed E-state index contributed by atoms with van der Waals surface area (Å²) in [5, 5.41) is 11.9. The highest BCUT2D eigenvalue weighted by atomic mass is 32.2. The normalized spacial score (nSPS) is 11.2. The molecule has 2 aromatic carbocycles. The summed E-state index contributed by atoms with van der Waals surface area (Å²) < 4.78 is 26.7. The molecule has 0 heterocycles. The average molecular weight is 348 g/mol. The fourth-order valence-electron chi connectivity index (χ4n) is 2.10. The molecule has 0 spiro atoms. The van der Waals surface area contributed by atoms with E-state index in [1.165, 1.54) is 12.1 Å². The number of nitrogens with one attached hydrogen (secondary N) is 2. The highest BCUT2D eigenvalue weighted by Crippen LogP contribution is 2.11. The molecule has 3 N–H and O–H groups in total. The van der Waals surface area contributed by atoms with Crippen molar-refractivity contribution in [2.24, 2.45) is 0 Å². The summed E-state index contributed by atoms with van der Waals surface area (Å²) in [6.07, 6.45) is 0.842. The van der Waals surface area contributed by atoms with E-state index < -0.39 is 10.0 Å². The van der Waals surface area contributed by atoms with Crippen LogP contribution in [0.5, 0.6) is 5.75 Å². The molecule has 0 aliphatic heterocycles. The first-order valence-electron chi connectivity index (χ1n) is 7.58. The Morgan fingerprint density at radius 3 is 2.42 bits per heavy atom. The van der Waals surface area contributed by atoms with Crippen LogP contribution in [0.25, 0.3) is 0 Å². The van der Waals surface area contributed by atoms with E-state index in [1.54, 1.807) is 36.4 Å². The fourth-order valence-corrected chi connectivity index (χ4v) is 3.13. The van der Waals surface area contributed by atoms with Gasteiger partial charge < -0.3 is 10.4 Å². The van der Waals surface area contributed by atoms with Gasteiger partial charge in [-0.3, -0.25) is 4.79 Å². The standard InChI is InChI=1S/C17H20N2O4S/c1-2-13-6-8-16(9-7-13)24(22,23)19-11-10-18-17(21)14-4-3-5-15(20)12-14/h3-9,12,19-20H,2,10-11H2,1H3,(H,18,21). The van der Waals surface area contributed by atoms with Gasteiger partial charge in [0, 0.05) is 18.7 Å². The lowest BCUT2D eigenvalue weighted by Gasteiger charge is -2.09. The molecule has 0 unspecified atom stereocenters. The minimum absolute atomic E-state index is 0.00104. The molecule has 1 amide bonds. The van der Waals surface area contributed by atoms with Crippen molar-refractivity contribution in [2.75, 3.05) is 13.1 Å². The molecule has 0 atom stereocenters. The van der Waals surface area contributed by atoms with Gasteiger partial charge >= 0.3 is 0 Å². The summed E-state index contributed by atoms with van der Waals surface area (Å²) >= 11 is 0. The number of benzene rings is 2. The molecule has 2 rings (SSSR count). The SMILES string of the molecule is CCc1ccc(S(=O)(=O)NCCNC(=O)c2cccc(O)c2)cc1. The summed E-state index contributed by atoms with van der Waals surface area (Å²) in [6.45, 7) is 2.21. The Hall–Kier alpha value is -2.38. The molecule has 0 saturated heterocycles. The monoisotopic (exact) mass is 348 g/mol. The highest BCUT2D eigenvalue weighted by Gasteiger charge is 2.13. The van der Waals surface area contributed by atoms with Crippen molar-refractivity contribution in [2.45, 2.75) is 18.2 Å². The van der Waals surface area contributed by atoms with Crippen LogP contribution in [0.4, 0.5) is 0 Å². The Bertz CT molecular complexity index is 802. The number of aromatic hydroxyl groups is 1. The Labute approximate surface area is 141 Å². The van der Waals surface area contributed by atoms with Crippen molar-refractivity contribution in [1.29, 1.82) is 0 Å². The van der Waals surface area contributed by atoms with Gasteiger partial charge in [0.1, 0.15) is 5.75 Å². The molecule has 0 fully saturated rings. The predicted molar refractivity (Wildman–Crippen MR) is 91.4 cm³/mol. The molecule has 6 nitrogen and oxygen atoms in total. The highest BCUT2D eigenvalue weighted by molar-refractivity contribution is 7.89. The number of phenolic OH excluding ortho intramolecular Hbond substituents is 1. The minimum atomic E-state index is -3.60. The molecule has 0 saturated carbocycles. The van der Waals surface area contributed by atoms with Crippen LogP contribution in [0.2, 0.25) is 0 Å². The first-order chi connectivity index (χ1) is 11.4. The first kappa shape index (κ1) is 18.0. The van der Waals surface area contributed by atoms with Gasteiger partial charge in [-0.05, 0) is 42.3 Å². The summed E-state index contributed by atoms with van der Waals surface area (Å²) in [5.74, 6) is -0.378. The molecule has 0 aliphatic carbocycles. The second kappa shape index (κ2) is 7.94. The molecular formula is C17H20N2O4S. The molecule has 0 radical (unpaired) electrons. The van der Waals surface area contributed by atoms with Crippen molar-refractivity contribution in [3.63, 3.8) is 0 Å². The zero-order valence-corrected chi connectivity index (χ0v) is 14.1. The van der Waals surface area contributed by atoms with Gasteiger partial charge in [-0.25, -0.2) is 13.1 Å². The van der Waals surface area contributed by atoms with E-state index in [-0.39, 0.29) is 29.6 Å². The Morgan fingerprint density at radius 2 is 1.79 bits per heavy atom. The quantitative estimate of drug-likeness (QED) is 0.663. The van der Waals surface area contributed by atoms with E-state index in [0.717, 1.165) is 12.0 Å². The number of aryl methyl sites for hydroxylation is 1. The van der Waals surface area contributed by atoms with Crippen molar-refractivity contribution in [3.05, 3.63) is 59.7 Å². The zero-order chi connectivity index (χ0) is 17.6. The third-order valence-electron chi connectivity index (χ3n) is 3.45. The van der Waals surface area contributed by atoms with Gasteiger partial charge in [0.2, 0.25) is 10.0 Å². The molecule has 2 aromatic rings. The third-order valence-corrected chi connectivity index (χ3v) is 4.93. The number of phenols is 1. The number of sulfonamides is 1. The first-order valence-corrected chi connectivity index (χ1v) is 9.06. The van der Waals surface area contributed by atoms with Crippen molar-refractivity contribution in [1.82, 2.24) is 10.0 Å². The van der Waals surface area contributed by atoms with Crippen LogP contribution < -0.4 is 10.0 Å². The predicted octanol–water partition coefficient (Wildman–Crippen LogP) is 1.66. The van der Waals surface area contributed by atoms with E-state index in [1.807, 2.05) is 6.92 Å². The number of hydrogen-bond donors (Lipinski definition) is 3. The maximum atomic E-state index is 12.1. The maximum absolute atomic E-state index is 12.1. The van der Waals surface area contributed by atoms with E-state index in [4.69, 9.17) is 0 Å². The van der Waals surface area contributed by atoms with Gasteiger partial charge in [-0.1, -0.05) is 25.1 Å². The summed E-state index contributed by atoms with van der Waals surface area (Å²) in [7, 11) is -3.60. The number of carbonyl (C=O) groups excluding carboxylic acids is 1. The summed E-state index contributed by atoms with van der Waals surface area (Å²) in [5.41, 5.74) is 1.38. The second-order valence-corrected chi connectivity index (χ2v) is 6.97. The number of hydrogen-bond acceptors (Lipinski definition) is 4. The maximum Gasteiger partial charge on any atom is 0.251 e. The van der Waals surface area contributed by atoms with E-state index in [2.05, 4.69) is 10.0 Å². The molecular weight excluding hydrogens is 328 g/mol. The largest absolute Gasteiger partial charge is 0.508 e. The number of rotatable bonds is 7. The Morgan fingerprint density at radius 1 is 1.08 bits per heavy atom. The second-order valence-electron chi connectivity index (χ2n) is 5.20. The lowest BCUT2D eigenvalue weighted by molar-refractivity contribution is 0.0954. The smallest absolute Gasteiger partial charge is 0.251 e. The lowest BCUT2D eigenvalue weighted by Crippen LogP contribution is -2.34. The van der Waals surface area contributed by atoms with Crippen LogP contribution >= 0.6 is 0 Å². The zero-order valence-electron chi connectivity index (χ0n) is 13.3. The average Bonchev–Trinajstić information content (AvgIpc) is 2.58. The van der Waals surface area contributed by atoms with Crippen molar-refractivity contribution < 1.29 is 18.3 Å². The summed E-state index contributed by atoms with van der Waals surface area (Å²) in [4.78, 5) is 12.1. The van der Waals surface area contributed by atoms with Crippen LogP contribution in [0.1, 0.15) is 22.8 Å². The lowest BCUT2D eigenvalue weighted by atomic mass is 10.2. The van der Waals surface area contributed by atoms with Crippen molar-refractivity contribution >= 4 is 15.9 Å². The number of amides is 1. The van der Waals surface area contributed by atoms with Crippen LogP contribution in [-0.4, -0.2) is 32.5 Å². The van der Waals surface area contributed by atoms with Gasteiger partial charge in [0.05, 0.1) is 4.90 Å². The third kappa shape index (κ3) is 4.81. The van der Waals surface area contributed by atoms with Crippen molar-refractivity contribution in [3.8, 4) is 5.75 Å². The van der Waals surface area contributed by atoms with Crippen LogP contribution in [0.15, 0.2) is 53.4 Å². The number of carbonyl (C=O) groups is 1. The van der Waals surface area contributed by atoms with Gasteiger partial charge in [-0.2, -0.15) is 0 Å². The molecule has 128 valence electrons. The summed E-state index contributed by atoms with van der Waals surface area (Å²) in [6, 6.07) is 12.6. The van der Waals surface area contributed by atoms with E-state index in [9.17, 15) is 18.3 Å². The molecule has 7 heteroatoms. The molecule has 0 aromatic heterocycles. The topological polar surface area (TPSA) is 95.5 Å². The van der Waals surface area contributed by atoms with E-state index in [0.29, 0.717) is 5.56 Å². The van der Waals surface area contributed by atoms with Crippen LogP contribution in [-0.2, 0) is 16.4 Å². The Balaban J connectivity index is 1.85. The minimum Gasteiger partial charge on any atom is -0.508 e. The molecule has 0 aliphatic rings. The van der Waals surface area contributed by atoms with Gasteiger partial charge in [0.25, 0.3) is 5.91 Å². The fraction of sp³-hybridized carbons (Fsp3) is 0.235. The van der Waals surface area contributed by atoms with Gasteiger partial charge in [-0.15, -0.1) is 0 Å².